The third-order valence-corrected chi connectivity index (χ3v) is 4.08. The van der Waals surface area contributed by atoms with Gasteiger partial charge in [0.15, 0.2) is 0 Å². The zero-order valence-corrected chi connectivity index (χ0v) is 10.7. The van der Waals surface area contributed by atoms with Crippen LogP contribution < -0.4 is 5.32 Å². The van der Waals surface area contributed by atoms with Crippen molar-refractivity contribution in [3.05, 3.63) is 0 Å². The number of nitrogens with one attached hydrogen (secondary N) is 1. The van der Waals surface area contributed by atoms with Crippen LogP contribution in [0.5, 0.6) is 0 Å². The van der Waals surface area contributed by atoms with Crippen LogP contribution in [0.15, 0.2) is 0 Å². The molecular weight excluding hydrogens is 200 g/mol. The van der Waals surface area contributed by atoms with Crippen molar-refractivity contribution in [3.63, 3.8) is 0 Å². The van der Waals surface area contributed by atoms with Gasteiger partial charge in [0, 0.05) is 19.2 Å². The van der Waals surface area contributed by atoms with Crippen molar-refractivity contribution in [3.8, 4) is 0 Å². The number of hydrogen-bond donors (Lipinski definition) is 1. The fourth-order valence-electron chi connectivity index (χ4n) is 3.09. The van der Waals surface area contributed by atoms with Gasteiger partial charge < -0.3 is 10.1 Å². The van der Waals surface area contributed by atoms with Crippen molar-refractivity contribution in [2.75, 3.05) is 32.8 Å². The summed E-state index contributed by atoms with van der Waals surface area (Å²) in [6.45, 7) is 10.3. The predicted molar refractivity (Wildman–Crippen MR) is 66.7 cm³/mol. The Morgan fingerprint density at radius 1 is 1.38 bits per heavy atom. The number of rotatable bonds is 4. The van der Waals surface area contributed by atoms with Gasteiger partial charge in [-0.15, -0.1) is 0 Å². The molecule has 0 aliphatic carbocycles. The molecule has 2 saturated heterocycles. The van der Waals surface area contributed by atoms with E-state index in [0.717, 1.165) is 31.7 Å². The Bertz CT molecular complexity index is 204. The molecule has 0 bridgehead atoms. The number of ether oxygens (including phenoxy) is 1. The van der Waals surface area contributed by atoms with Crippen LogP contribution >= 0.6 is 0 Å². The fourth-order valence-corrected chi connectivity index (χ4v) is 3.09. The van der Waals surface area contributed by atoms with Gasteiger partial charge in [0.25, 0.3) is 0 Å². The topological polar surface area (TPSA) is 24.5 Å². The number of hydrogen-bond acceptors (Lipinski definition) is 3. The van der Waals surface area contributed by atoms with Gasteiger partial charge in [-0.05, 0) is 44.8 Å². The minimum Gasteiger partial charge on any atom is -0.377 e. The monoisotopic (exact) mass is 226 g/mol. The van der Waals surface area contributed by atoms with Crippen molar-refractivity contribution in [2.45, 2.75) is 45.3 Å². The lowest BCUT2D eigenvalue weighted by atomic mass is 9.93. The van der Waals surface area contributed by atoms with Gasteiger partial charge >= 0.3 is 0 Å². The molecule has 2 heterocycles. The first kappa shape index (κ1) is 12.3. The molecule has 2 rings (SSSR count). The minimum absolute atomic E-state index is 0.502. The van der Waals surface area contributed by atoms with E-state index < -0.39 is 0 Å². The molecule has 3 unspecified atom stereocenters. The molecule has 0 amide bonds. The third-order valence-electron chi connectivity index (χ3n) is 4.08. The van der Waals surface area contributed by atoms with Gasteiger partial charge in [-0.25, -0.2) is 0 Å². The highest BCUT2D eigenvalue weighted by Gasteiger charge is 2.28. The summed E-state index contributed by atoms with van der Waals surface area (Å²) in [5.41, 5.74) is 0. The lowest BCUT2D eigenvalue weighted by molar-refractivity contribution is 0.0401. The summed E-state index contributed by atoms with van der Waals surface area (Å²) in [6.07, 6.45) is 4.31. The van der Waals surface area contributed by atoms with Gasteiger partial charge in [-0.1, -0.05) is 13.8 Å². The Hall–Kier alpha value is -0.120. The molecule has 3 nitrogen and oxygen atoms in total. The van der Waals surface area contributed by atoms with E-state index in [1.807, 2.05) is 0 Å². The van der Waals surface area contributed by atoms with Crippen molar-refractivity contribution in [2.24, 2.45) is 5.92 Å². The molecular formula is C13H26N2O. The van der Waals surface area contributed by atoms with E-state index in [0.29, 0.717) is 6.10 Å². The summed E-state index contributed by atoms with van der Waals surface area (Å²) < 4.78 is 5.75. The summed E-state index contributed by atoms with van der Waals surface area (Å²) in [5, 5.41) is 3.48. The molecule has 0 spiro atoms. The van der Waals surface area contributed by atoms with Gasteiger partial charge in [0.05, 0.1) is 6.10 Å². The maximum Gasteiger partial charge on any atom is 0.0702 e. The van der Waals surface area contributed by atoms with E-state index in [4.69, 9.17) is 4.74 Å². The molecule has 16 heavy (non-hydrogen) atoms. The maximum absolute atomic E-state index is 5.75. The largest absolute Gasteiger partial charge is 0.377 e. The van der Waals surface area contributed by atoms with Gasteiger partial charge in [0.1, 0.15) is 0 Å². The van der Waals surface area contributed by atoms with Crippen LogP contribution in [0.25, 0.3) is 0 Å². The molecule has 0 aromatic carbocycles. The van der Waals surface area contributed by atoms with Crippen LogP contribution in [-0.2, 0) is 4.74 Å². The van der Waals surface area contributed by atoms with Crippen LogP contribution in [0, 0.1) is 5.92 Å². The number of nitrogens with zero attached hydrogens (tertiary/aromatic N) is 1. The highest BCUT2D eigenvalue weighted by Crippen LogP contribution is 2.21. The quantitative estimate of drug-likeness (QED) is 0.786. The minimum atomic E-state index is 0.502. The molecule has 0 radical (unpaired) electrons. The predicted octanol–water partition coefficient (Wildman–Crippen LogP) is 1.49. The molecule has 3 atom stereocenters. The van der Waals surface area contributed by atoms with Crippen LogP contribution in [0.1, 0.15) is 33.1 Å². The van der Waals surface area contributed by atoms with Gasteiger partial charge in [-0.3, -0.25) is 4.90 Å². The molecule has 0 aromatic heterocycles. The summed E-state index contributed by atoms with van der Waals surface area (Å²) in [7, 11) is 0. The molecule has 94 valence electrons. The zero-order valence-electron chi connectivity index (χ0n) is 10.7. The number of piperidine rings is 1. The molecule has 2 fully saturated rings. The van der Waals surface area contributed by atoms with E-state index in [-0.39, 0.29) is 0 Å². The second-order valence-corrected chi connectivity index (χ2v) is 5.26. The molecule has 2 aliphatic heterocycles. The smallest absolute Gasteiger partial charge is 0.0702 e. The zero-order chi connectivity index (χ0) is 11.4. The van der Waals surface area contributed by atoms with E-state index in [1.54, 1.807) is 0 Å². The van der Waals surface area contributed by atoms with Crippen molar-refractivity contribution < 1.29 is 4.74 Å². The SMILES string of the molecule is CCN(CC1CCCO1)C1CCNCC1C. The van der Waals surface area contributed by atoms with E-state index in [2.05, 4.69) is 24.1 Å². The van der Waals surface area contributed by atoms with Crippen LogP contribution in [0.3, 0.4) is 0 Å². The summed E-state index contributed by atoms with van der Waals surface area (Å²) in [5.74, 6) is 0.773. The molecule has 2 aliphatic rings. The first-order chi connectivity index (χ1) is 7.81. The summed E-state index contributed by atoms with van der Waals surface area (Å²) in [4.78, 5) is 2.64. The van der Waals surface area contributed by atoms with Crippen LogP contribution in [0.4, 0.5) is 0 Å². The lowest BCUT2D eigenvalue weighted by Crippen LogP contribution is -2.50. The Morgan fingerprint density at radius 2 is 2.25 bits per heavy atom. The Balaban J connectivity index is 1.86. The fraction of sp³-hybridized carbons (Fsp3) is 1.00. The van der Waals surface area contributed by atoms with Crippen molar-refractivity contribution >= 4 is 0 Å². The molecule has 0 saturated carbocycles. The second kappa shape index (κ2) is 5.99. The summed E-state index contributed by atoms with van der Waals surface area (Å²) in [6, 6.07) is 0.760. The first-order valence-electron chi connectivity index (χ1n) is 6.87. The third kappa shape index (κ3) is 2.96. The van der Waals surface area contributed by atoms with E-state index >= 15 is 0 Å². The Labute approximate surface area is 99.5 Å². The molecule has 3 heteroatoms. The van der Waals surface area contributed by atoms with E-state index in [1.165, 1.54) is 32.4 Å². The van der Waals surface area contributed by atoms with Gasteiger partial charge in [-0.2, -0.15) is 0 Å². The molecule has 1 N–H and O–H groups in total. The summed E-state index contributed by atoms with van der Waals surface area (Å²) >= 11 is 0. The van der Waals surface area contributed by atoms with Crippen LogP contribution in [0.2, 0.25) is 0 Å². The first-order valence-corrected chi connectivity index (χ1v) is 6.87. The Kier molecular flexibility index (Phi) is 4.62. The van der Waals surface area contributed by atoms with Crippen LogP contribution in [-0.4, -0.2) is 49.8 Å². The highest BCUT2D eigenvalue weighted by atomic mass is 16.5. The average molecular weight is 226 g/mol. The lowest BCUT2D eigenvalue weighted by Gasteiger charge is -2.39. The molecule has 0 aromatic rings. The van der Waals surface area contributed by atoms with E-state index in [9.17, 15) is 0 Å². The van der Waals surface area contributed by atoms with Crippen molar-refractivity contribution in [1.82, 2.24) is 10.2 Å². The number of likely N-dealkylation sites (N-methyl/N-ethyl adjacent to an activating group) is 1. The highest BCUT2D eigenvalue weighted by molar-refractivity contribution is 4.84. The standard InChI is InChI=1S/C13H26N2O/c1-3-15(10-12-5-4-8-16-12)13-6-7-14-9-11(13)2/h11-14H,3-10H2,1-2H3. The second-order valence-electron chi connectivity index (χ2n) is 5.26. The normalized spacial score (nSPS) is 35.8. The average Bonchev–Trinajstić information content (AvgIpc) is 2.80. The van der Waals surface area contributed by atoms with Crippen molar-refractivity contribution in [1.29, 1.82) is 0 Å². The Morgan fingerprint density at radius 3 is 2.88 bits per heavy atom. The van der Waals surface area contributed by atoms with Gasteiger partial charge in [0.2, 0.25) is 0 Å². The maximum atomic E-state index is 5.75.